The molecule has 0 saturated heterocycles. The number of nitrogens with one attached hydrogen (secondary N) is 1. The topological polar surface area (TPSA) is 32.3 Å². The van der Waals surface area contributed by atoms with Gasteiger partial charge >= 0.3 is 0 Å². The molecule has 2 N–H and O–H groups in total. The highest BCUT2D eigenvalue weighted by molar-refractivity contribution is 9.10. The summed E-state index contributed by atoms with van der Waals surface area (Å²) < 4.78 is 1.08. The van der Waals surface area contributed by atoms with E-state index >= 15 is 0 Å². The van der Waals surface area contributed by atoms with E-state index in [0.717, 1.165) is 15.8 Å². The molecule has 14 heavy (non-hydrogen) atoms. The van der Waals surface area contributed by atoms with Crippen LogP contribution in [0.2, 0.25) is 0 Å². The molecule has 1 aromatic rings. The SMILES string of the molecule is CNC1CSc2c(Br)cccc2C1O. The Morgan fingerprint density at radius 3 is 3.07 bits per heavy atom. The van der Waals surface area contributed by atoms with Crippen molar-refractivity contribution in [2.75, 3.05) is 12.8 Å². The van der Waals surface area contributed by atoms with Crippen molar-refractivity contribution in [2.24, 2.45) is 0 Å². The lowest BCUT2D eigenvalue weighted by molar-refractivity contribution is 0.137. The number of halogens is 1. The maximum atomic E-state index is 10.0. The van der Waals surface area contributed by atoms with Crippen LogP contribution in [0.1, 0.15) is 11.7 Å². The van der Waals surface area contributed by atoms with Crippen LogP contribution in [-0.2, 0) is 0 Å². The lowest BCUT2D eigenvalue weighted by Crippen LogP contribution is -2.36. The molecular formula is C10H12BrNOS. The lowest BCUT2D eigenvalue weighted by Gasteiger charge is -2.29. The number of fused-ring (bicyclic) bond motifs is 1. The second-order valence-electron chi connectivity index (χ2n) is 3.31. The maximum Gasteiger partial charge on any atom is 0.0962 e. The first-order chi connectivity index (χ1) is 6.74. The molecule has 2 rings (SSSR count). The second kappa shape index (κ2) is 4.23. The smallest absolute Gasteiger partial charge is 0.0962 e. The fourth-order valence-electron chi connectivity index (χ4n) is 1.63. The van der Waals surface area contributed by atoms with Crippen LogP contribution >= 0.6 is 27.7 Å². The van der Waals surface area contributed by atoms with Gasteiger partial charge in [-0.25, -0.2) is 0 Å². The zero-order valence-electron chi connectivity index (χ0n) is 7.83. The average molecular weight is 274 g/mol. The zero-order valence-corrected chi connectivity index (χ0v) is 10.2. The molecule has 4 heteroatoms. The Morgan fingerprint density at radius 1 is 1.57 bits per heavy atom. The lowest BCUT2D eigenvalue weighted by atomic mass is 10.0. The number of benzene rings is 1. The molecule has 0 amide bonds. The minimum Gasteiger partial charge on any atom is -0.387 e. The molecule has 0 fully saturated rings. The number of thioether (sulfide) groups is 1. The summed E-state index contributed by atoms with van der Waals surface area (Å²) in [5.41, 5.74) is 1.02. The van der Waals surface area contributed by atoms with E-state index in [1.807, 2.05) is 25.2 Å². The van der Waals surface area contributed by atoms with Gasteiger partial charge in [-0.3, -0.25) is 0 Å². The molecule has 0 bridgehead atoms. The first kappa shape index (κ1) is 10.5. The molecule has 2 unspecified atom stereocenters. The first-order valence-corrected chi connectivity index (χ1v) is 6.28. The van der Waals surface area contributed by atoms with Gasteiger partial charge in [0.15, 0.2) is 0 Å². The van der Waals surface area contributed by atoms with Crippen molar-refractivity contribution >= 4 is 27.7 Å². The molecule has 2 nitrogen and oxygen atoms in total. The van der Waals surface area contributed by atoms with Crippen LogP contribution in [0.15, 0.2) is 27.6 Å². The second-order valence-corrected chi connectivity index (χ2v) is 5.19. The monoisotopic (exact) mass is 273 g/mol. The van der Waals surface area contributed by atoms with Gasteiger partial charge in [0.05, 0.1) is 6.10 Å². The highest BCUT2D eigenvalue weighted by Gasteiger charge is 2.28. The van der Waals surface area contributed by atoms with Crippen molar-refractivity contribution in [1.29, 1.82) is 0 Å². The van der Waals surface area contributed by atoms with E-state index < -0.39 is 6.10 Å². The van der Waals surface area contributed by atoms with Crippen LogP contribution < -0.4 is 5.32 Å². The largest absolute Gasteiger partial charge is 0.387 e. The van der Waals surface area contributed by atoms with Crippen molar-refractivity contribution in [3.05, 3.63) is 28.2 Å². The van der Waals surface area contributed by atoms with E-state index in [2.05, 4.69) is 21.2 Å². The van der Waals surface area contributed by atoms with Crippen molar-refractivity contribution in [1.82, 2.24) is 5.32 Å². The number of likely N-dealkylation sites (N-methyl/N-ethyl adjacent to an activating group) is 1. The summed E-state index contributed by atoms with van der Waals surface area (Å²) in [4.78, 5) is 1.17. The third kappa shape index (κ3) is 1.72. The summed E-state index contributed by atoms with van der Waals surface area (Å²) in [7, 11) is 1.89. The normalized spacial score (nSPS) is 25.9. The Labute approximate surface area is 96.2 Å². The van der Waals surface area contributed by atoms with Gasteiger partial charge in [-0.05, 0) is 34.6 Å². The van der Waals surface area contributed by atoms with E-state index in [1.165, 1.54) is 4.90 Å². The molecule has 1 aromatic carbocycles. The fourth-order valence-corrected chi connectivity index (χ4v) is 3.61. The summed E-state index contributed by atoms with van der Waals surface area (Å²) in [6.07, 6.45) is -0.395. The fraction of sp³-hybridized carbons (Fsp3) is 0.400. The van der Waals surface area contributed by atoms with Crippen molar-refractivity contribution in [2.45, 2.75) is 17.0 Å². The van der Waals surface area contributed by atoms with E-state index in [9.17, 15) is 5.11 Å². The van der Waals surface area contributed by atoms with Gasteiger partial charge in [-0.1, -0.05) is 12.1 Å². The molecule has 2 atom stereocenters. The standard InChI is InChI=1S/C10H12BrNOS/c1-12-8-5-14-10-6(9(8)13)3-2-4-7(10)11/h2-4,8-9,12-13H,5H2,1H3. The minimum absolute atomic E-state index is 0.154. The van der Waals surface area contributed by atoms with Crippen molar-refractivity contribution in [3.8, 4) is 0 Å². The summed E-state index contributed by atoms with van der Waals surface area (Å²) in [6.45, 7) is 0. The molecule has 0 radical (unpaired) electrons. The summed E-state index contributed by atoms with van der Waals surface area (Å²) in [5, 5.41) is 13.2. The van der Waals surface area contributed by atoms with Gasteiger partial charge in [-0.2, -0.15) is 0 Å². The predicted molar refractivity (Wildman–Crippen MR) is 62.7 cm³/mol. The van der Waals surface area contributed by atoms with Gasteiger partial charge < -0.3 is 10.4 Å². The highest BCUT2D eigenvalue weighted by Crippen LogP contribution is 2.40. The first-order valence-electron chi connectivity index (χ1n) is 4.50. The number of hydrogen-bond donors (Lipinski definition) is 2. The maximum absolute atomic E-state index is 10.0. The van der Waals surface area contributed by atoms with E-state index in [0.29, 0.717) is 0 Å². The molecule has 0 aromatic heterocycles. The van der Waals surface area contributed by atoms with E-state index in [4.69, 9.17) is 0 Å². The van der Waals surface area contributed by atoms with Crippen LogP contribution in [-0.4, -0.2) is 23.9 Å². The number of aliphatic hydroxyl groups is 1. The molecule has 1 aliphatic rings. The predicted octanol–water partition coefficient (Wildman–Crippen LogP) is 2.18. The summed E-state index contributed by atoms with van der Waals surface area (Å²) >= 11 is 5.28. The molecule has 76 valence electrons. The molecule has 0 spiro atoms. The molecule has 1 heterocycles. The molecule has 0 aliphatic carbocycles. The third-order valence-corrected chi connectivity index (χ3v) is 4.67. The van der Waals surface area contributed by atoms with Gasteiger partial charge in [0.25, 0.3) is 0 Å². The Morgan fingerprint density at radius 2 is 2.36 bits per heavy atom. The third-order valence-electron chi connectivity index (χ3n) is 2.48. The van der Waals surface area contributed by atoms with E-state index in [-0.39, 0.29) is 6.04 Å². The van der Waals surface area contributed by atoms with Crippen LogP contribution in [0.3, 0.4) is 0 Å². The Balaban J connectivity index is 2.41. The van der Waals surface area contributed by atoms with E-state index in [1.54, 1.807) is 11.8 Å². The van der Waals surface area contributed by atoms with Gasteiger partial charge in [-0.15, -0.1) is 11.8 Å². The van der Waals surface area contributed by atoms with Crippen LogP contribution in [0, 0.1) is 0 Å². The average Bonchev–Trinajstić information content (AvgIpc) is 2.20. The molecule has 0 saturated carbocycles. The quantitative estimate of drug-likeness (QED) is 0.823. The number of aliphatic hydroxyl groups excluding tert-OH is 1. The Kier molecular flexibility index (Phi) is 3.17. The van der Waals surface area contributed by atoms with Crippen LogP contribution in [0.4, 0.5) is 0 Å². The summed E-state index contributed by atoms with van der Waals surface area (Å²) in [5.74, 6) is 0.910. The molecule has 1 aliphatic heterocycles. The van der Waals surface area contributed by atoms with Gasteiger partial charge in [0, 0.05) is 21.2 Å². The van der Waals surface area contributed by atoms with Crippen LogP contribution in [0.25, 0.3) is 0 Å². The van der Waals surface area contributed by atoms with Crippen molar-refractivity contribution in [3.63, 3.8) is 0 Å². The summed E-state index contributed by atoms with van der Waals surface area (Å²) in [6, 6.07) is 6.12. The van der Waals surface area contributed by atoms with Crippen LogP contribution in [0.5, 0.6) is 0 Å². The zero-order chi connectivity index (χ0) is 10.1. The Bertz CT molecular complexity index is 345. The molecular weight excluding hydrogens is 262 g/mol. The van der Waals surface area contributed by atoms with Gasteiger partial charge in [0.2, 0.25) is 0 Å². The highest BCUT2D eigenvalue weighted by atomic mass is 79.9. The Hall–Kier alpha value is -0.0300. The van der Waals surface area contributed by atoms with Gasteiger partial charge in [0.1, 0.15) is 0 Å². The van der Waals surface area contributed by atoms with Crippen molar-refractivity contribution < 1.29 is 5.11 Å². The minimum atomic E-state index is -0.395. The number of rotatable bonds is 1. The number of hydrogen-bond acceptors (Lipinski definition) is 3.